The fourth-order valence-electron chi connectivity index (χ4n) is 1.69. The van der Waals surface area contributed by atoms with Crippen LogP contribution in [0.1, 0.15) is 17.4 Å². The lowest BCUT2D eigenvalue weighted by molar-refractivity contribution is 0.102. The SMILES string of the molecule is CCOc1ccc(NC(=O)c2cn(CCN)nn2)cc1Cl. The van der Waals surface area contributed by atoms with Gasteiger partial charge in [0.1, 0.15) is 5.75 Å². The zero-order chi connectivity index (χ0) is 15.2. The first kappa shape index (κ1) is 15.3. The number of anilines is 1. The molecule has 1 aromatic carbocycles. The third kappa shape index (κ3) is 3.93. The van der Waals surface area contributed by atoms with Gasteiger partial charge in [-0.15, -0.1) is 5.10 Å². The molecule has 0 aliphatic rings. The van der Waals surface area contributed by atoms with Crippen molar-refractivity contribution in [3.05, 3.63) is 35.1 Å². The number of hydrogen-bond donors (Lipinski definition) is 2. The lowest BCUT2D eigenvalue weighted by Gasteiger charge is -2.08. The average molecular weight is 310 g/mol. The molecule has 0 radical (unpaired) electrons. The summed E-state index contributed by atoms with van der Waals surface area (Å²) in [4.78, 5) is 12.0. The second kappa shape index (κ2) is 7.05. The number of nitrogens with zero attached hydrogens (tertiary/aromatic N) is 3. The molecule has 2 aromatic rings. The second-order valence-electron chi connectivity index (χ2n) is 4.19. The maximum Gasteiger partial charge on any atom is 0.277 e. The number of carbonyl (C=O) groups excluding carboxylic acids is 1. The Balaban J connectivity index is 2.06. The number of nitrogens with one attached hydrogen (secondary N) is 1. The molecule has 2 rings (SSSR count). The van der Waals surface area contributed by atoms with Crippen molar-refractivity contribution in [1.82, 2.24) is 15.0 Å². The molecule has 0 unspecified atom stereocenters. The molecule has 1 amide bonds. The summed E-state index contributed by atoms with van der Waals surface area (Å²) in [6.07, 6.45) is 1.54. The van der Waals surface area contributed by atoms with Crippen molar-refractivity contribution in [2.24, 2.45) is 5.73 Å². The number of nitrogens with two attached hydrogens (primary N) is 1. The fourth-order valence-corrected chi connectivity index (χ4v) is 1.93. The molecule has 0 spiro atoms. The van der Waals surface area contributed by atoms with Gasteiger partial charge in [-0.3, -0.25) is 9.48 Å². The van der Waals surface area contributed by atoms with E-state index in [1.54, 1.807) is 24.4 Å². The fraction of sp³-hybridized carbons (Fsp3) is 0.308. The highest BCUT2D eigenvalue weighted by atomic mass is 35.5. The van der Waals surface area contributed by atoms with Gasteiger partial charge in [-0.2, -0.15) is 0 Å². The van der Waals surface area contributed by atoms with Gasteiger partial charge in [0.25, 0.3) is 5.91 Å². The van der Waals surface area contributed by atoms with E-state index < -0.39 is 0 Å². The molecule has 0 saturated heterocycles. The van der Waals surface area contributed by atoms with E-state index in [4.69, 9.17) is 22.1 Å². The van der Waals surface area contributed by atoms with Crippen LogP contribution in [0.5, 0.6) is 5.75 Å². The van der Waals surface area contributed by atoms with Crippen LogP contribution in [0.2, 0.25) is 5.02 Å². The number of carbonyl (C=O) groups is 1. The molecule has 0 aliphatic heterocycles. The summed E-state index contributed by atoms with van der Waals surface area (Å²) in [5.41, 5.74) is 6.18. The van der Waals surface area contributed by atoms with E-state index in [9.17, 15) is 4.79 Å². The van der Waals surface area contributed by atoms with Crippen molar-refractivity contribution in [2.75, 3.05) is 18.5 Å². The molecule has 3 N–H and O–H groups in total. The first-order valence-electron chi connectivity index (χ1n) is 6.48. The summed E-state index contributed by atoms with van der Waals surface area (Å²) in [6.45, 7) is 3.33. The third-order valence-electron chi connectivity index (χ3n) is 2.62. The van der Waals surface area contributed by atoms with Crippen LogP contribution < -0.4 is 15.8 Å². The average Bonchev–Trinajstić information content (AvgIpc) is 2.91. The maximum atomic E-state index is 12.0. The van der Waals surface area contributed by atoms with Crippen LogP contribution in [0.3, 0.4) is 0 Å². The standard InChI is InChI=1S/C13H16ClN5O2/c1-2-21-12-4-3-9(7-10(12)14)16-13(20)11-8-19(6-5-15)18-17-11/h3-4,7-8H,2,5-6,15H2,1H3,(H,16,20). The lowest BCUT2D eigenvalue weighted by Crippen LogP contribution is -2.13. The molecule has 0 atom stereocenters. The van der Waals surface area contributed by atoms with Crippen molar-refractivity contribution in [1.29, 1.82) is 0 Å². The van der Waals surface area contributed by atoms with Gasteiger partial charge in [0.2, 0.25) is 0 Å². The van der Waals surface area contributed by atoms with Gasteiger partial charge in [0.05, 0.1) is 24.4 Å². The number of halogens is 1. The quantitative estimate of drug-likeness (QED) is 0.844. The molecule has 0 saturated carbocycles. The number of aromatic nitrogens is 3. The van der Waals surface area contributed by atoms with Gasteiger partial charge in [0, 0.05) is 12.2 Å². The van der Waals surface area contributed by atoms with Crippen molar-refractivity contribution in [3.63, 3.8) is 0 Å². The summed E-state index contributed by atoms with van der Waals surface area (Å²) in [7, 11) is 0. The van der Waals surface area contributed by atoms with E-state index in [0.717, 1.165) is 0 Å². The topological polar surface area (TPSA) is 95.1 Å². The summed E-state index contributed by atoms with van der Waals surface area (Å²) < 4.78 is 6.84. The maximum absolute atomic E-state index is 12.0. The van der Waals surface area contributed by atoms with E-state index in [0.29, 0.717) is 36.2 Å². The zero-order valence-electron chi connectivity index (χ0n) is 11.5. The summed E-state index contributed by atoms with van der Waals surface area (Å²) in [6, 6.07) is 5.03. The minimum atomic E-state index is -0.363. The van der Waals surface area contributed by atoms with Crippen LogP contribution in [-0.2, 0) is 6.54 Å². The second-order valence-corrected chi connectivity index (χ2v) is 4.60. The Kier molecular flexibility index (Phi) is 5.13. The zero-order valence-corrected chi connectivity index (χ0v) is 12.3. The Morgan fingerprint density at radius 2 is 2.33 bits per heavy atom. The van der Waals surface area contributed by atoms with E-state index in [1.807, 2.05) is 6.92 Å². The number of ether oxygens (including phenoxy) is 1. The van der Waals surface area contributed by atoms with Crippen LogP contribution in [0.4, 0.5) is 5.69 Å². The normalized spacial score (nSPS) is 10.4. The number of amides is 1. The molecule has 1 aromatic heterocycles. The predicted molar refractivity (Wildman–Crippen MR) is 79.7 cm³/mol. The molecular formula is C13H16ClN5O2. The van der Waals surface area contributed by atoms with Crippen LogP contribution in [0.15, 0.2) is 24.4 Å². The van der Waals surface area contributed by atoms with Crippen LogP contribution in [0, 0.1) is 0 Å². The summed E-state index contributed by atoms with van der Waals surface area (Å²) >= 11 is 6.06. The van der Waals surface area contributed by atoms with E-state index >= 15 is 0 Å². The molecule has 7 nitrogen and oxygen atoms in total. The third-order valence-corrected chi connectivity index (χ3v) is 2.91. The highest BCUT2D eigenvalue weighted by molar-refractivity contribution is 6.32. The first-order chi connectivity index (χ1) is 10.1. The Bertz CT molecular complexity index is 629. The van der Waals surface area contributed by atoms with Gasteiger partial charge in [-0.05, 0) is 25.1 Å². The van der Waals surface area contributed by atoms with Crippen LogP contribution in [-0.4, -0.2) is 34.1 Å². The minimum Gasteiger partial charge on any atom is -0.492 e. The largest absolute Gasteiger partial charge is 0.492 e. The van der Waals surface area contributed by atoms with Gasteiger partial charge < -0.3 is 15.8 Å². The molecule has 8 heteroatoms. The van der Waals surface area contributed by atoms with Gasteiger partial charge in [-0.25, -0.2) is 0 Å². The molecule has 21 heavy (non-hydrogen) atoms. The number of rotatable bonds is 6. The molecule has 0 fully saturated rings. The number of hydrogen-bond acceptors (Lipinski definition) is 5. The Morgan fingerprint density at radius 3 is 3.00 bits per heavy atom. The molecule has 112 valence electrons. The van der Waals surface area contributed by atoms with Crippen molar-refractivity contribution in [2.45, 2.75) is 13.5 Å². The summed E-state index contributed by atoms with van der Waals surface area (Å²) in [5.74, 6) is 0.213. The van der Waals surface area contributed by atoms with Crippen molar-refractivity contribution in [3.8, 4) is 5.75 Å². The molecule has 1 heterocycles. The van der Waals surface area contributed by atoms with E-state index in [1.165, 1.54) is 4.68 Å². The smallest absolute Gasteiger partial charge is 0.277 e. The minimum absolute atomic E-state index is 0.216. The Morgan fingerprint density at radius 1 is 1.52 bits per heavy atom. The molecular weight excluding hydrogens is 294 g/mol. The Hall–Kier alpha value is -2.12. The molecule has 0 bridgehead atoms. The van der Waals surface area contributed by atoms with E-state index in [-0.39, 0.29) is 11.6 Å². The monoisotopic (exact) mass is 309 g/mol. The highest BCUT2D eigenvalue weighted by Crippen LogP contribution is 2.27. The van der Waals surface area contributed by atoms with Crippen molar-refractivity contribution >= 4 is 23.2 Å². The lowest BCUT2D eigenvalue weighted by atomic mass is 10.3. The van der Waals surface area contributed by atoms with Crippen molar-refractivity contribution < 1.29 is 9.53 Å². The van der Waals surface area contributed by atoms with Crippen LogP contribution in [0.25, 0.3) is 0 Å². The van der Waals surface area contributed by atoms with Gasteiger partial charge in [-0.1, -0.05) is 16.8 Å². The van der Waals surface area contributed by atoms with Crippen LogP contribution >= 0.6 is 11.6 Å². The van der Waals surface area contributed by atoms with E-state index in [2.05, 4.69) is 15.6 Å². The molecule has 0 aliphatic carbocycles. The predicted octanol–water partition coefficient (Wildman–Crippen LogP) is 1.54. The van der Waals surface area contributed by atoms with Gasteiger partial charge >= 0.3 is 0 Å². The Labute approximate surface area is 127 Å². The summed E-state index contributed by atoms with van der Waals surface area (Å²) in [5, 5.41) is 10.7. The van der Waals surface area contributed by atoms with Gasteiger partial charge in [0.15, 0.2) is 5.69 Å². The number of benzene rings is 1. The highest BCUT2D eigenvalue weighted by Gasteiger charge is 2.12. The first-order valence-corrected chi connectivity index (χ1v) is 6.85.